The Hall–Kier alpha value is -0.611. The Morgan fingerprint density at radius 1 is 0.600 bits per heavy atom. The number of hydrogen-bond donors (Lipinski definition) is 0. The average Bonchev–Trinajstić information content (AvgIpc) is 2.47. The zero-order valence-corrected chi connectivity index (χ0v) is 19.1. The number of rotatable bonds is 2. The summed E-state index contributed by atoms with van der Waals surface area (Å²) in [7, 11) is 0.380. The molecule has 0 unspecified atom stereocenters. The molecule has 0 fully saturated rings. The van der Waals surface area contributed by atoms with Crippen molar-refractivity contribution in [1.82, 2.24) is 0 Å². The van der Waals surface area contributed by atoms with Crippen molar-refractivity contribution in [1.29, 1.82) is 0 Å². The van der Waals surface area contributed by atoms with Crippen molar-refractivity contribution >= 4 is 7.92 Å². The van der Waals surface area contributed by atoms with Crippen LogP contribution in [-0.2, 0) is 27.9 Å². The molecule has 2 aromatic rings. The maximum atomic E-state index is 4.04. The van der Waals surface area contributed by atoms with Gasteiger partial charge in [-0.2, -0.15) is 0 Å². The average molecular weight is 397 g/mol. The fourth-order valence-electron chi connectivity index (χ4n) is 1.78. The monoisotopic (exact) mass is 397 g/mol. The van der Waals surface area contributed by atoms with Crippen LogP contribution in [0.5, 0.6) is 0 Å². The zero-order valence-electron chi connectivity index (χ0n) is 17.0. The smallest absolute Gasteiger partial charge is 0.333 e. The van der Waals surface area contributed by atoms with Crippen molar-refractivity contribution in [2.24, 2.45) is 0 Å². The van der Waals surface area contributed by atoms with Gasteiger partial charge in [-0.3, -0.25) is 0 Å². The summed E-state index contributed by atoms with van der Waals surface area (Å²) in [5.74, 6) is 0. The van der Waals surface area contributed by atoms with E-state index in [1.165, 1.54) is 11.1 Å². The Bertz CT molecular complexity index is 482. The molecule has 2 rings (SSSR count). The molecule has 2 aromatic carbocycles. The van der Waals surface area contributed by atoms with E-state index in [2.05, 4.69) is 85.8 Å². The topological polar surface area (TPSA) is 0 Å². The third kappa shape index (κ3) is 14.3. The predicted molar refractivity (Wildman–Crippen MR) is 114 cm³/mol. The first-order valence-corrected chi connectivity index (χ1v) is 11.1. The standard InChI is InChI=1S/2C10H13.C3H9P.Mn/c2*1-10(2,3)9-7-5-4-6-8-9;1-4(2)3;/h2*4-8H,1H2,2-3H3;1-3H3;/q2*-1;;+2. The molecule has 0 bridgehead atoms. The summed E-state index contributed by atoms with van der Waals surface area (Å²) in [5.41, 5.74) is 2.66. The van der Waals surface area contributed by atoms with Crippen LogP contribution in [0, 0.1) is 13.8 Å². The molecule has 0 nitrogen and oxygen atoms in total. The van der Waals surface area contributed by atoms with Crippen LogP contribution in [-0.4, -0.2) is 20.0 Å². The maximum absolute atomic E-state index is 4.04. The minimum Gasteiger partial charge on any atom is -0.333 e. The van der Waals surface area contributed by atoms with Gasteiger partial charge in [-0.05, 0) is 20.0 Å². The normalized spacial score (nSPS) is 10.6. The van der Waals surface area contributed by atoms with Gasteiger partial charge in [-0.15, -0.1) is 18.8 Å². The Kier molecular flexibility index (Phi) is 13.5. The van der Waals surface area contributed by atoms with Crippen molar-refractivity contribution in [3.05, 3.63) is 85.6 Å². The van der Waals surface area contributed by atoms with Crippen LogP contribution in [0.3, 0.4) is 0 Å². The molecule has 0 heterocycles. The van der Waals surface area contributed by atoms with E-state index in [0.717, 1.165) is 0 Å². The van der Waals surface area contributed by atoms with Gasteiger partial charge in [-0.1, -0.05) is 99.5 Å². The van der Waals surface area contributed by atoms with E-state index < -0.39 is 0 Å². The van der Waals surface area contributed by atoms with Crippen molar-refractivity contribution in [3.63, 3.8) is 0 Å². The number of benzene rings is 2. The quantitative estimate of drug-likeness (QED) is 0.292. The molecule has 0 saturated heterocycles. The van der Waals surface area contributed by atoms with Gasteiger partial charge < -0.3 is 13.8 Å². The maximum Gasteiger partial charge on any atom is 2.00 e. The van der Waals surface area contributed by atoms with Crippen LogP contribution in [0.15, 0.2) is 60.7 Å². The summed E-state index contributed by atoms with van der Waals surface area (Å²) in [6, 6.07) is 20.6. The minimum absolute atomic E-state index is 0. The van der Waals surface area contributed by atoms with E-state index >= 15 is 0 Å². The Labute approximate surface area is 169 Å². The third-order valence-electron chi connectivity index (χ3n) is 3.11. The molecule has 0 aliphatic carbocycles. The van der Waals surface area contributed by atoms with Crippen LogP contribution in [0.25, 0.3) is 0 Å². The van der Waals surface area contributed by atoms with E-state index in [-0.39, 0.29) is 27.9 Å². The second-order valence-electron chi connectivity index (χ2n) is 7.84. The second-order valence-corrected chi connectivity index (χ2v) is 10.5. The predicted octanol–water partition coefficient (Wildman–Crippen LogP) is 6.95. The van der Waals surface area contributed by atoms with Crippen molar-refractivity contribution < 1.29 is 17.1 Å². The molecule has 0 atom stereocenters. The zero-order chi connectivity index (χ0) is 18.8. The summed E-state index contributed by atoms with van der Waals surface area (Å²) in [5, 5.41) is 0. The van der Waals surface area contributed by atoms with Crippen molar-refractivity contribution in [2.75, 3.05) is 20.0 Å². The molecule has 139 valence electrons. The molecular formula is C23H35MnP. The fraction of sp³-hybridized carbons (Fsp3) is 0.391. The third-order valence-corrected chi connectivity index (χ3v) is 3.11. The molecule has 0 saturated carbocycles. The van der Waals surface area contributed by atoms with Gasteiger partial charge in [0.2, 0.25) is 0 Å². The number of hydrogen-bond acceptors (Lipinski definition) is 0. The molecule has 0 spiro atoms. The molecule has 0 N–H and O–H groups in total. The molecular weight excluding hydrogens is 362 g/mol. The van der Waals surface area contributed by atoms with Crippen molar-refractivity contribution in [2.45, 2.75) is 38.5 Å². The fourth-order valence-corrected chi connectivity index (χ4v) is 1.78. The summed E-state index contributed by atoms with van der Waals surface area (Å²) < 4.78 is 0. The Balaban J connectivity index is 0. The van der Waals surface area contributed by atoms with E-state index in [1.807, 2.05) is 36.4 Å². The van der Waals surface area contributed by atoms with Crippen molar-refractivity contribution in [3.8, 4) is 0 Å². The van der Waals surface area contributed by atoms with E-state index in [0.29, 0.717) is 7.92 Å². The SMILES string of the molecule is CP(C)C.[CH2-]C(C)(C)c1ccccc1.[CH2-]C(C)(C)c1ccccc1.[Mn+2]. The molecule has 0 aliphatic rings. The van der Waals surface area contributed by atoms with Gasteiger partial charge in [0.1, 0.15) is 0 Å². The van der Waals surface area contributed by atoms with Gasteiger partial charge in [-0.25, -0.2) is 0 Å². The second kappa shape index (κ2) is 12.7. The van der Waals surface area contributed by atoms with Gasteiger partial charge in [0.15, 0.2) is 0 Å². The van der Waals surface area contributed by atoms with E-state index in [1.54, 1.807) is 0 Å². The first-order valence-electron chi connectivity index (χ1n) is 8.37. The summed E-state index contributed by atoms with van der Waals surface area (Å²) >= 11 is 0. The first-order chi connectivity index (χ1) is 10.9. The first kappa shape index (κ1) is 26.6. The summed E-state index contributed by atoms with van der Waals surface area (Å²) in [6.07, 6.45) is 0. The van der Waals surface area contributed by atoms with Crippen LogP contribution < -0.4 is 0 Å². The molecule has 0 amide bonds. The van der Waals surface area contributed by atoms with Gasteiger partial charge in [0, 0.05) is 0 Å². The van der Waals surface area contributed by atoms with Gasteiger partial charge in [0.25, 0.3) is 0 Å². The van der Waals surface area contributed by atoms with Gasteiger partial charge in [0.05, 0.1) is 0 Å². The largest absolute Gasteiger partial charge is 2.00 e. The Morgan fingerprint density at radius 3 is 0.920 bits per heavy atom. The van der Waals surface area contributed by atoms with Crippen LogP contribution in [0.4, 0.5) is 0 Å². The molecule has 25 heavy (non-hydrogen) atoms. The van der Waals surface area contributed by atoms with E-state index in [4.69, 9.17) is 0 Å². The van der Waals surface area contributed by atoms with Gasteiger partial charge >= 0.3 is 17.1 Å². The summed E-state index contributed by atoms with van der Waals surface area (Å²) in [6.45, 7) is 23.2. The molecule has 1 radical (unpaired) electrons. The van der Waals surface area contributed by atoms with Crippen LogP contribution in [0.2, 0.25) is 0 Å². The molecule has 2 heteroatoms. The summed E-state index contributed by atoms with van der Waals surface area (Å²) in [4.78, 5) is 0. The molecule has 0 aliphatic heterocycles. The van der Waals surface area contributed by atoms with E-state index in [9.17, 15) is 0 Å². The van der Waals surface area contributed by atoms with Crippen LogP contribution >= 0.6 is 7.92 Å². The van der Waals surface area contributed by atoms with Crippen LogP contribution in [0.1, 0.15) is 38.8 Å². The minimum atomic E-state index is 0. The molecule has 0 aromatic heterocycles. The Morgan fingerprint density at radius 2 is 0.800 bits per heavy atom.